The fraction of sp³-hybridized carbons (Fsp3) is 0.421. The number of piperazine rings is 1. The highest BCUT2D eigenvalue weighted by Gasteiger charge is 2.33. The predicted molar refractivity (Wildman–Crippen MR) is 114 cm³/mol. The van der Waals surface area contributed by atoms with E-state index in [4.69, 9.17) is 11.6 Å². The Morgan fingerprint density at radius 3 is 2.43 bits per heavy atom. The van der Waals surface area contributed by atoms with Gasteiger partial charge in [-0.1, -0.05) is 37.6 Å². The average molecular weight is 442 g/mol. The lowest BCUT2D eigenvalue weighted by Gasteiger charge is -2.38. The van der Waals surface area contributed by atoms with Crippen LogP contribution >= 0.6 is 22.9 Å². The lowest BCUT2D eigenvalue weighted by molar-refractivity contribution is -0.134. The second kappa shape index (κ2) is 8.82. The van der Waals surface area contributed by atoms with Gasteiger partial charge in [-0.2, -0.15) is 4.72 Å². The Morgan fingerprint density at radius 2 is 1.86 bits per heavy atom. The van der Waals surface area contributed by atoms with Gasteiger partial charge in [0.2, 0.25) is 5.91 Å². The monoisotopic (exact) mass is 441 g/mol. The number of sulfonamides is 1. The molecule has 3 rings (SSSR count). The summed E-state index contributed by atoms with van der Waals surface area (Å²) in [5.41, 5.74) is 1.03. The summed E-state index contributed by atoms with van der Waals surface area (Å²) in [5, 5.41) is 2.38. The van der Waals surface area contributed by atoms with Gasteiger partial charge in [0.05, 0.1) is 0 Å². The minimum Gasteiger partial charge on any atom is -0.368 e. The van der Waals surface area contributed by atoms with Crippen LogP contribution in [0.1, 0.15) is 13.8 Å². The van der Waals surface area contributed by atoms with E-state index < -0.39 is 16.1 Å². The molecule has 152 valence electrons. The molecule has 0 saturated carbocycles. The SMILES string of the molecule is CC(C)[C@@H](NS(=O)(=O)c1cccs1)C(=O)N1CCN(c2cccc(Cl)c2)CC1. The van der Waals surface area contributed by atoms with Crippen molar-refractivity contribution in [3.63, 3.8) is 0 Å². The number of benzene rings is 1. The molecule has 0 spiro atoms. The average Bonchev–Trinajstić information content (AvgIpc) is 3.21. The van der Waals surface area contributed by atoms with Gasteiger partial charge >= 0.3 is 0 Å². The maximum Gasteiger partial charge on any atom is 0.250 e. The van der Waals surface area contributed by atoms with Gasteiger partial charge in [0.25, 0.3) is 10.0 Å². The number of carbonyl (C=O) groups is 1. The van der Waals surface area contributed by atoms with Crippen molar-refractivity contribution in [3.8, 4) is 0 Å². The number of carbonyl (C=O) groups excluding carboxylic acids is 1. The van der Waals surface area contributed by atoms with Gasteiger partial charge < -0.3 is 9.80 Å². The zero-order chi connectivity index (χ0) is 20.3. The highest BCUT2D eigenvalue weighted by atomic mass is 35.5. The van der Waals surface area contributed by atoms with Crippen molar-refractivity contribution in [2.24, 2.45) is 5.92 Å². The summed E-state index contributed by atoms with van der Waals surface area (Å²) in [6.45, 7) is 6.12. The lowest BCUT2D eigenvalue weighted by atomic mass is 10.0. The van der Waals surface area contributed by atoms with Crippen LogP contribution in [-0.4, -0.2) is 51.4 Å². The molecular weight excluding hydrogens is 418 g/mol. The predicted octanol–water partition coefficient (Wildman–Crippen LogP) is 3.05. The maximum absolute atomic E-state index is 13.0. The number of nitrogens with one attached hydrogen (secondary N) is 1. The molecule has 0 radical (unpaired) electrons. The minimum atomic E-state index is -3.71. The molecule has 1 fully saturated rings. The third-order valence-electron chi connectivity index (χ3n) is 4.74. The number of thiophene rings is 1. The molecule has 1 atom stereocenters. The molecule has 1 amide bonds. The third-order valence-corrected chi connectivity index (χ3v) is 7.81. The number of hydrogen-bond acceptors (Lipinski definition) is 5. The molecule has 6 nitrogen and oxygen atoms in total. The van der Waals surface area contributed by atoms with Gasteiger partial charge in [0.1, 0.15) is 10.3 Å². The molecule has 2 heterocycles. The van der Waals surface area contributed by atoms with Crippen LogP contribution in [0.3, 0.4) is 0 Å². The van der Waals surface area contributed by atoms with Gasteiger partial charge in [-0.15, -0.1) is 11.3 Å². The van der Waals surface area contributed by atoms with E-state index in [1.165, 1.54) is 0 Å². The Hall–Kier alpha value is -1.61. The van der Waals surface area contributed by atoms with E-state index >= 15 is 0 Å². The van der Waals surface area contributed by atoms with Crippen LogP contribution in [0.4, 0.5) is 5.69 Å². The molecule has 1 aromatic carbocycles. The smallest absolute Gasteiger partial charge is 0.250 e. The molecule has 1 N–H and O–H groups in total. The third kappa shape index (κ3) is 4.86. The van der Waals surface area contributed by atoms with Gasteiger partial charge in [0.15, 0.2) is 0 Å². The highest BCUT2D eigenvalue weighted by molar-refractivity contribution is 7.91. The first-order chi connectivity index (χ1) is 13.3. The topological polar surface area (TPSA) is 69.7 Å². The Morgan fingerprint density at radius 1 is 1.14 bits per heavy atom. The van der Waals surface area contributed by atoms with Gasteiger partial charge in [-0.25, -0.2) is 8.42 Å². The van der Waals surface area contributed by atoms with Gasteiger partial charge in [0, 0.05) is 36.9 Å². The molecule has 2 aromatic rings. The van der Waals surface area contributed by atoms with Crippen LogP contribution in [0.15, 0.2) is 46.0 Å². The molecule has 1 aliphatic heterocycles. The first-order valence-electron chi connectivity index (χ1n) is 9.13. The van der Waals surface area contributed by atoms with Crippen LogP contribution in [0, 0.1) is 5.92 Å². The number of nitrogens with zero attached hydrogens (tertiary/aromatic N) is 2. The second-order valence-corrected chi connectivity index (χ2v) is 10.4. The molecular formula is C19H24ClN3O3S2. The van der Waals surface area contributed by atoms with Crippen LogP contribution < -0.4 is 9.62 Å². The highest BCUT2D eigenvalue weighted by Crippen LogP contribution is 2.22. The molecule has 9 heteroatoms. The number of anilines is 1. The van der Waals surface area contributed by atoms with E-state index in [9.17, 15) is 13.2 Å². The zero-order valence-electron chi connectivity index (χ0n) is 15.8. The first kappa shape index (κ1) is 21.1. The standard InChI is InChI=1S/C19H24ClN3O3S2/c1-14(2)18(21-28(25,26)17-7-4-12-27-17)19(24)23-10-8-22(9-11-23)16-6-3-5-15(20)13-16/h3-7,12-14,18,21H,8-11H2,1-2H3/t18-/m1/s1. The molecule has 1 aromatic heterocycles. The Labute approximate surface area is 175 Å². The summed E-state index contributed by atoms with van der Waals surface area (Å²) < 4.78 is 28.0. The van der Waals surface area contributed by atoms with E-state index in [1.54, 1.807) is 22.4 Å². The summed E-state index contributed by atoms with van der Waals surface area (Å²) in [6, 6.07) is 10.1. The van der Waals surface area contributed by atoms with Crippen molar-refractivity contribution in [1.82, 2.24) is 9.62 Å². The van der Waals surface area contributed by atoms with Crippen molar-refractivity contribution in [1.29, 1.82) is 0 Å². The fourth-order valence-corrected chi connectivity index (χ4v) is 5.70. The summed E-state index contributed by atoms with van der Waals surface area (Å²) in [6.07, 6.45) is 0. The second-order valence-electron chi connectivity index (χ2n) is 7.07. The maximum atomic E-state index is 13.0. The van der Waals surface area contributed by atoms with Crippen LogP contribution in [0.5, 0.6) is 0 Å². The first-order valence-corrected chi connectivity index (χ1v) is 11.9. The number of hydrogen-bond donors (Lipinski definition) is 1. The van der Waals surface area contributed by atoms with E-state index in [1.807, 2.05) is 38.1 Å². The van der Waals surface area contributed by atoms with Crippen molar-refractivity contribution in [3.05, 3.63) is 46.8 Å². The summed E-state index contributed by atoms with van der Waals surface area (Å²) in [4.78, 5) is 17.0. The number of halogens is 1. The van der Waals surface area contributed by atoms with Crippen molar-refractivity contribution in [2.75, 3.05) is 31.1 Å². The number of rotatable bonds is 6. The Balaban J connectivity index is 1.66. The Bertz CT molecular complexity index is 908. The van der Waals surface area contributed by atoms with Crippen LogP contribution in [0.2, 0.25) is 5.02 Å². The van der Waals surface area contributed by atoms with Gasteiger partial charge in [-0.05, 0) is 35.6 Å². The quantitative estimate of drug-likeness (QED) is 0.747. The van der Waals surface area contributed by atoms with E-state index in [-0.39, 0.29) is 16.0 Å². The number of amides is 1. The zero-order valence-corrected chi connectivity index (χ0v) is 18.2. The van der Waals surface area contributed by atoms with E-state index in [0.717, 1.165) is 17.0 Å². The Kier molecular flexibility index (Phi) is 6.65. The molecule has 0 unspecified atom stereocenters. The molecule has 1 saturated heterocycles. The van der Waals surface area contributed by atoms with Crippen LogP contribution in [-0.2, 0) is 14.8 Å². The van der Waals surface area contributed by atoms with Crippen molar-refractivity contribution >= 4 is 44.6 Å². The van der Waals surface area contributed by atoms with Crippen molar-refractivity contribution in [2.45, 2.75) is 24.1 Å². The van der Waals surface area contributed by atoms with E-state index in [0.29, 0.717) is 31.2 Å². The summed E-state index contributed by atoms with van der Waals surface area (Å²) in [5.74, 6) is -0.339. The van der Waals surface area contributed by atoms with Crippen LogP contribution in [0.25, 0.3) is 0 Å². The fourth-order valence-electron chi connectivity index (χ4n) is 3.17. The normalized spacial score (nSPS) is 16.4. The molecule has 0 bridgehead atoms. The molecule has 0 aliphatic carbocycles. The van der Waals surface area contributed by atoms with Crippen molar-refractivity contribution < 1.29 is 13.2 Å². The van der Waals surface area contributed by atoms with Gasteiger partial charge in [-0.3, -0.25) is 4.79 Å². The molecule has 1 aliphatic rings. The summed E-state index contributed by atoms with van der Waals surface area (Å²) >= 11 is 7.20. The van der Waals surface area contributed by atoms with E-state index in [2.05, 4.69) is 9.62 Å². The summed E-state index contributed by atoms with van der Waals surface area (Å²) in [7, 11) is -3.71. The lowest BCUT2D eigenvalue weighted by Crippen LogP contribution is -2.56. The largest absolute Gasteiger partial charge is 0.368 e. The molecule has 28 heavy (non-hydrogen) atoms. The minimum absolute atomic E-state index is 0.159.